The predicted molar refractivity (Wildman–Crippen MR) is 82.3 cm³/mol. The van der Waals surface area contributed by atoms with Gasteiger partial charge in [0, 0.05) is 24.2 Å². The highest BCUT2D eigenvalue weighted by Crippen LogP contribution is 2.21. The molecular weight excluding hydrogens is 278 g/mol. The summed E-state index contributed by atoms with van der Waals surface area (Å²) in [7, 11) is 1.51. The first-order valence-corrected chi connectivity index (χ1v) is 7.11. The van der Waals surface area contributed by atoms with Crippen molar-refractivity contribution >= 4 is 23.2 Å². The molecule has 1 unspecified atom stereocenters. The minimum atomic E-state index is -0.192. The van der Waals surface area contributed by atoms with Crippen molar-refractivity contribution in [2.75, 3.05) is 31.8 Å². The first-order chi connectivity index (χ1) is 9.53. The van der Waals surface area contributed by atoms with Gasteiger partial charge in [-0.15, -0.1) is 11.6 Å². The summed E-state index contributed by atoms with van der Waals surface area (Å²) >= 11 is 5.75. The SMILES string of the molecule is CCN(CCCl)C(C)NC(=O)c1ccc(N)cc1OC. The van der Waals surface area contributed by atoms with Crippen molar-refractivity contribution in [2.24, 2.45) is 0 Å². The maximum absolute atomic E-state index is 12.3. The molecule has 0 saturated carbocycles. The fraction of sp³-hybridized carbons (Fsp3) is 0.500. The number of hydrogen-bond acceptors (Lipinski definition) is 4. The molecule has 1 aromatic carbocycles. The number of halogens is 1. The number of anilines is 1. The largest absolute Gasteiger partial charge is 0.496 e. The number of amides is 1. The summed E-state index contributed by atoms with van der Waals surface area (Å²) in [6.45, 7) is 5.49. The van der Waals surface area contributed by atoms with Gasteiger partial charge in [0.1, 0.15) is 5.75 Å². The standard InChI is InChI=1S/C14H22ClN3O2/c1-4-18(8-7-15)10(2)17-14(19)12-6-5-11(16)9-13(12)20-3/h5-6,9-10H,4,7-8,16H2,1-3H3,(H,17,19). The third kappa shape index (κ3) is 4.28. The predicted octanol–water partition coefficient (Wildman–Crippen LogP) is 1.91. The lowest BCUT2D eigenvalue weighted by Crippen LogP contribution is -2.47. The van der Waals surface area contributed by atoms with E-state index in [1.54, 1.807) is 18.2 Å². The zero-order valence-electron chi connectivity index (χ0n) is 12.1. The van der Waals surface area contributed by atoms with Crippen LogP contribution in [0, 0.1) is 0 Å². The number of nitrogens with one attached hydrogen (secondary N) is 1. The van der Waals surface area contributed by atoms with Gasteiger partial charge in [-0.3, -0.25) is 9.69 Å². The smallest absolute Gasteiger partial charge is 0.256 e. The summed E-state index contributed by atoms with van der Waals surface area (Å²) in [5.41, 5.74) is 6.71. The van der Waals surface area contributed by atoms with Crippen LogP contribution in [-0.2, 0) is 0 Å². The molecular formula is C14H22ClN3O2. The van der Waals surface area contributed by atoms with Gasteiger partial charge in [0.2, 0.25) is 0 Å². The van der Waals surface area contributed by atoms with Gasteiger partial charge in [-0.25, -0.2) is 0 Å². The topological polar surface area (TPSA) is 67.6 Å². The van der Waals surface area contributed by atoms with Gasteiger partial charge in [0.05, 0.1) is 18.8 Å². The van der Waals surface area contributed by atoms with E-state index < -0.39 is 0 Å². The Morgan fingerprint density at radius 3 is 2.80 bits per heavy atom. The van der Waals surface area contributed by atoms with Crippen LogP contribution in [0.25, 0.3) is 0 Å². The van der Waals surface area contributed by atoms with Gasteiger partial charge in [0.25, 0.3) is 5.91 Å². The third-order valence-corrected chi connectivity index (χ3v) is 3.30. The Kier molecular flexibility index (Phi) is 6.61. The number of methoxy groups -OCH3 is 1. The van der Waals surface area contributed by atoms with Crippen LogP contribution < -0.4 is 15.8 Å². The summed E-state index contributed by atoms with van der Waals surface area (Å²) < 4.78 is 5.19. The van der Waals surface area contributed by atoms with Gasteiger partial charge in [0.15, 0.2) is 0 Å². The van der Waals surface area contributed by atoms with Crippen LogP contribution in [0.3, 0.4) is 0 Å². The van der Waals surface area contributed by atoms with E-state index in [0.29, 0.717) is 22.9 Å². The molecule has 0 spiro atoms. The van der Waals surface area contributed by atoms with Crippen molar-refractivity contribution < 1.29 is 9.53 Å². The maximum atomic E-state index is 12.3. The molecule has 1 atom stereocenters. The zero-order chi connectivity index (χ0) is 15.1. The molecule has 0 aliphatic heterocycles. The molecule has 20 heavy (non-hydrogen) atoms. The first-order valence-electron chi connectivity index (χ1n) is 6.57. The van der Waals surface area contributed by atoms with Crippen LogP contribution >= 0.6 is 11.6 Å². The average Bonchev–Trinajstić information content (AvgIpc) is 2.44. The highest BCUT2D eigenvalue weighted by Gasteiger charge is 2.18. The Morgan fingerprint density at radius 1 is 1.55 bits per heavy atom. The normalized spacial score (nSPS) is 12.2. The van der Waals surface area contributed by atoms with E-state index in [0.717, 1.165) is 13.1 Å². The lowest BCUT2D eigenvalue weighted by Gasteiger charge is -2.27. The third-order valence-electron chi connectivity index (χ3n) is 3.14. The van der Waals surface area contributed by atoms with E-state index in [1.807, 2.05) is 13.8 Å². The van der Waals surface area contributed by atoms with Gasteiger partial charge in [-0.2, -0.15) is 0 Å². The Labute approximate surface area is 125 Å². The number of nitrogens with zero attached hydrogens (tertiary/aromatic N) is 1. The minimum Gasteiger partial charge on any atom is -0.496 e. The molecule has 1 aromatic rings. The number of benzene rings is 1. The Bertz CT molecular complexity index is 454. The number of nitrogen functional groups attached to an aromatic ring is 1. The number of rotatable bonds is 7. The van der Waals surface area contributed by atoms with Crippen LogP contribution in [0.5, 0.6) is 5.75 Å². The summed E-state index contributed by atoms with van der Waals surface area (Å²) in [6.07, 6.45) is -0.103. The number of ether oxygens (including phenoxy) is 1. The fourth-order valence-electron chi connectivity index (χ4n) is 1.99. The highest BCUT2D eigenvalue weighted by atomic mass is 35.5. The number of hydrogen-bond donors (Lipinski definition) is 2. The fourth-order valence-corrected chi connectivity index (χ4v) is 2.21. The van der Waals surface area contributed by atoms with E-state index >= 15 is 0 Å². The van der Waals surface area contributed by atoms with Crippen LogP contribution in [-0.4, -0.2) is 43.1 Å². The van der Waals surface area contributed by atoms with Crippen molar-refractivity contribution in [3.8, 4) is 5.75 Å². The highest BCUT2D eigenvalue weighted by molar-refractivity contribution is 6.18. The number of alkyl halides is 1. The van der Waals surface area contributed by atoms with Crippen molar-refractivity contribution in [1.82, 2.24) is 10.2 Å². The quantitative estimate of drug-likeness (QED) is 0.458. The second-order valence-electron chi connectivity index (χ2n) is 4.43. The molecule has 0 heterocycles. The number of carbonyl (C=O) groups is 1. The summed E-state index contributed by atoms with van der Waals surface area (Å²) in [4.78, 5) is 14.4. The lowest BCUT2D eigenvalue weighted by atomic mass is 10.1. The zero-order valence-corrected chi connectivity index (χ0v) is 12.9. The monoisotopic (exact) mass is 299 g/mol. The summed E-state index contributed by atoms with van der Waals surface area (Å²) in [5.74, 6) is 0.802. The molecule has 0 radical (unpaired) electrons. The Hall–Kier alpha value is -1.46. The summed E-state index contributed by atoms with van der Waals surface area (Å²) in [5, 5.41) is 2.93. The van der Waals surface area contributed by atoms with E-state index in [9.17, 15) is 4.79 Å². The molecule has 112 valence electrons. The number of carbonyl (C=O) groups excluding carboxylic acids is 1. The van der Waals surface area contributed by atoms with Crippen LogP contribution in [0.4, 0.5) is 5.69 Å². The maximum Gasteiger partial charge on any atom is 0.256 e. The molecule has 0 aliphatic rings. The van der Waals surface area contributed by atoms with Crippen LogP contribution in [0.2, 0.25) is 0 Å². The second-order valence-corrected chi connectivity index (χ2v) is 4.80. The van der Waals surface area contributed by atoms with Gasteiger partial charge >= 0.3 is 0 Å². The first kappa shape index (κ1) is 16.6. The molecule has 5 nitrogen and oxygen atoms in total. The van der Waals surface area contributed by atoms with E-state index in [2.05, 4.69) is 10.2 Å². The van der Waals surface area contributed by atoms with E-state index in [-0.39, 0.29) is 12.1 Å². The number of nitrogens with two attached hydrogens (primary N) is 1. The van der Waals surface area contributed by atoms with Crippen molar-refractivity contribution in [3.05, 3.63) is 23.8 Å². The molecule has 0 aliphatic carbocycles. The van der Waals surface area contributed by atoms with E-state index in [1.165, 1.54) is 7.11 Å². The molecule has 1 rings (SSSR count). The van der Waals surface area contributed by atoms with Gasteiger partial charge in [-0.1, -0.05) is 6.92 Å². The molecule has 0 fully saturated rings. The molecule has 0 saturated heterocycles. The Morgan fingerprint density at radius 2 is 2.25 bits per heavy atom. The lowest BCUT2D eigenvalue weighted by molar-refractivity contribution is 0.0872. The second kappa shape index (κ2) is 7.97. The molecule has 1 amide bonds. The van der Waals surface area contributed by atoms with Gasteiger partial charge < -0.3 is 15.8 Å². The van der Waals surface area contributed by atoms with Crippen LogP contribution in [0.15, 0.2) is 18.2 Å². The summed E-state index contributed by atoms with van der Waals surface area (Å²) in [6, 6.07) is 4.97. The van der Waals surface area contributed by atoms with Crippen LogP contribution in [0.1, 0.15) is 24.2 Å². The average molecular weight is 300 g/mol. The Balaban J connectivity index is 2.80. The van der Waals surface area contributed by atoms with Gasteiger partial charge in [-0.05, 0) is 25.6 Å². The molecule has 3 N–H and O–H groups in total. The van der Waals surface area contributed by atoms with Crippen molar-refractivity contribution in [1.29, 1.82) is 0 Å². The molecule has 6 heteroatoms. The molecule has 0 aromatic heterocycles. The minimum absolute atomic E-state index is 0.103. The molecule has 0 bridgehead atoms. The van der Waals surface area contributed by atoms with Crippen molar-refractivity contribution in [3.63, 3.8) is 0 Å². The van der Waals surface area contributed by atoms with Crippen molar-refractivity contribution in [2.45, 2.75) is 20.0 Å². The van der Waals surface area contributed by atoms with E-state index in [4.69, 9.17) is 22.1 Å².